The highest BCUT2D eigenvalue weighted by Crippen LogP contribution is 2.20. The first-order valence-electron chi connectivity index (χ1n) is 6.77. The Bertz CT molecular complexity index is 544. The van der Waals surface area contributed by atoms with Gasteiger partial charge in [-0.3, -0.25) is 4.90 Å². The quantitative estimate of drug-likeness (QED) is 0.913. The summed E-state index contributed by atoms with van der Waals surface area (Å²) >= 11 is 0. The predicted molar refractivity (Wildman–Crippen MR) is 74.8 cm³/mol. The maximum Gasteiger partial charge on any atom is 0.151 e. The van der Waals surface area contributed by atoms with E-state index in [1.807, 2.05) is 0 Å². The van der Waals surface area contributed by atoms with E-state index >= 15 is 0 Å². The van der Waals surface area contributed by atoms with E-state index in [2.05, 4.69) is 52.6 Å². The minimum Gasteiger partial charge on any atom is -0.359 e. The van der Waals surface area contributed by atoms with Gasteiger partial charge in [0.1, 0.15) is 5.69 Å². The lowest BCUT2D eigenvalue weighted by Crippen LogP contribution is -2.42. The smallest absolute Gasteiger partial charge is 0.151 e. The monoisotopic (exact) mass is 257 g/mol. The summed E-state index contributed by atoms with van der Waals surface area (Å²) in [6, 6.07) is 10.4. The van der Waals surface area contributed by atoms with Crippen molar-refractivity contribution in [3.63, 3.8) is 0 Å². The fourth-order valence-electron chi connectivity index (χ4n) is 2.42. The molecule has 1 saturated heterocycles. The van der Waals surface area contributed by atoms with Crippen LogP contribution >= 0.6 is 0 Å². The average molecular weight is 257 g/mol. The number of nitrogens with zero attached hydrogens (tertiary/aromatic N) is 2. The molecule has 1 N–H and O–H groups in total. The maximum atomic E-state index is 5.45. The number of nitrogens with one attached hydrogen (secondary N) is 1. The number of piperazine rings is 1. The topological polar surface area (TPSA) is 41.3 Å². The standard InChI is InChI=1S/C15H19N3O/c1-12-3-2-4-13(9-12)15-10-14(19-17-15)11-18-7-5-16-6-8-18/h2-4,9-10,16H,5-8,11H2,1H3. The largest absolute Gasteiger partial charge is 0.359 e. The molecule has 0 atom stereocenters. The fourth-order valence-corrected chi connectivity index (χ4v) is 2.42. The molecule has 0 unspecified atom stereocenters. The SMILES string of the molecule is Cc1cccc(-c2cc(CN3CCNCC3)on2)c1. The normalized spacial score (nSPS) is 16.7. The highest BCUT2D eigenvalue weighted by atomic mass is 16.5. The molecule has 2 heterocycles. The van der Waals surface area contributed by atoms with Gasteiger partial charge in [0.05, 0.1) is 6.54 Å². The molecular formula is C15H19N3O. The van der Waals surface area contributed by atoms with Crippen LogP contribution in [0.2, 0.25) is 0 Å². The number of aryl methyl sites for hydroxylation is 1. The first-order chi connectivity index (χ1) is 9.31. The minimum atomic E-state index is 0.848. The first-order valence-corrected chi connectivity index (χ1v) is 6.77. The van der Waals surface area contributed by atoms with Crippen molar-refractivity contribution in [3.8, 4) is 11.3 Å². The van der Waals surface area contributed by atoms with Gasteiger partial charge in [0.15, 0.2) is 5.76 Å². The highest BCUT2D eigenvalue weighted by Gasteiger charge is 2.13. The Morgan fingerprint density at radius 3 is 2.89 bits per heavy atom. The van der Waals surface area contributed by atoms with E-state index in [9.17, 15) is 0 Å². The second kappa shape index (κ2) is 5.55. The molecule has 1 fully saturated rings. The summed E-state index contributed by atoms with van der Waals surface area (Å²) < 4.78 is 5.45. The second-order valence-corrected chi connectivity index (χ2v) is 5.07. The third-order valence-corrected chi connectivity index (χ3v) is 3.46. The number of rotatable bonds is 3. The van der Waals surface area contributed by atoms with Crippen LogP contribution in [0.4, 0.5) is 0 Å². The van der Waals surface area contributed by atoms with Gasteiger partial charge in [-0.2, -0.15) is 0 Å². The molecule has 100 valence electrons. The van der Waals surface area contributed by atoms with E-state index in [1.165, 1.54) is 5.56 Å². The van der Waals surface area contributed by atoms with Gasteiger partial charge < -0.3 is 9.84 Å². The van der Waals surface area contributed by atoms with Crippen molar-refractivity contribution in [2.75, 3.05) is 26.2 Å². The second-order valence-electron chi connectivity index (χ2n) is 5.07. The molecule has 1 aliphatic rings. The zero-order chi connectivity index (χ0) is 13.1. The Morgan fingerprint density at radius 1 is 1.26 bits per heavy atom. The molecule has 0 radical (unpaired) electrons. The average Bonchev–Trinajstić information content (AvgIpc) is 2.88. The molecule has 0 aliphatic carbocycles. The van der Waals surface area contributed by atoms with E-state index < -0.39 is 0 Å². The van der Waals surface area contributed by atoms with Gasteiger partial charge in [0.25, 0.3) is 0 Å². The molecule has 2 aromatic rings. The van der Waals surface area contributed by atoms with Crippen molar-refractivity contribution in [1.82, 2.24) is 15.4 Å². The van der Waals surface area contributed by atoms with E-state index in [-0.39, 0.29) is 0 Å². The van der Waals surface area contributed by atoms with Crippen LogP contribution in [-0.4, -0.2) is 36.2 Å². The van der Waals surface area contributed by atoms with Crippen molar-refractivity contribution in [1.29, 1.82) is 0 Å². The number of hydrogen-bond acceptors (Lipinski definition) is 4. The zero-order valence-corrected chi connectivity index (χ0v) is 11.2. The third kappa shape index (κ3) is 3.03. The summed E-state index contributed by atoms with van der Waals surface area (Å²) in [5, 5.41) is 7.53. The van der Waals surface area contributed by atoms with Crippen LogP contribution < -0.4 is 5.32 Å². The molecule has 1 aromatic heterocycles. The Hall–Kier alpha value is -1.65. The summed E-state index contributed by atoms with van der Waals surface area (Å²) in [5.74, 6) is 0.943. The molecule has 1 aromatic carbocycles. The van der Waals surface area contributed by atoms with Crippen LogP contribution in [0.5, 0.6) is 0 Å². The van der Waals surface area contributed by atoms with E-state index in [1.54, 1.807) is 0 Å². The first kappa shape index (κ1) is 12.4. The van der Waals surface area contributed by atoms with Gasteiger partial charge in [-0.15, -0.1) is 0 Å². The Labute approximate surface area is 113 Å². The molecular weight excluding hydrogens is 238 g/mol. The van der Waals surface area contributed by atoms with Crippen LogP contribution in [0, 0.1) is 6.92 Å². The van der Waals surface area contributed by atoms with Crippen LogP contribution in [0.3, 0.4) is 0 Å². The van der Waals surface area contributed by atoms with Crippen molar-refractivity contribution in [3.05, 3.63) is 41.7 Å². The molecule has 1 aliphatic heterocycles. The number of aromatic nitrogens is 1. The third-order valence-electron chi connectivity index (χ3n) is 3.46. The maximum absolute atomic E-state index is 5.45. The Kier molecular flexibility index (Phi) is 3.62. The molecule has 4 nitrogen and oxygen atoms in total. The summed E-state index contributed by atoms with van der Waals surface area (Å²) in [7, 11) is 0. The molecule has 0 bridgehead atoms. The van der Waals surface area contributed by atoms with Crippen molar-refractivity contribution < 1.29 is 4.52 Å². The number of benzene rings is 1. The van der Waals surface area contributed by atoms with Crippen LogP contribution in [0.25, 0.3) is 11.3 Å². The summed E-state index contributed by atoms with van der Waals surface area (Å²) in [5.41, 5.74) is 3.29. The van der Waals surface area contributed by atoms with Gasteiger partial charge in [0, 0.05) is 37.8 Å². The lowest BCUT2D eigenvalue weighted by Gasteiger charge is -2.25. The predicted octanol–water partition coefficient (Wildman–Crippen LogP) is 2.06. The molecule has 3 rings (SSSR count). The lowest BCUT2D eigenvalue weighted by atomic mass is 10.1. The fraction of sp³-hybridized carbons (Fsp3) is 0.400. The van der Waals surface area contributed by atoms with Gasteiger partial charge >= 0.3 is 0 Å². The van der Waals surface area contributed by atoms with E-state index in [4.69, 9.17) is 4.52 Å². The molecule has 0 saturated carbocycles. The molecule has 4 heteroatoms. The lowest BCUT2D eigenvalue weighted by molar-refractivity contribution is 0.207. The van der Waals surface area contributed by atoms with Gasteiger partial charge in [-0.25, -0.2) is 0 Å². The molecule has 0 amide bonds. The van der Waals surface area contributed by atoms with Gasteiger partial charge in [-0.1, -0.05) is 28.9 Å². The van der Waals surface area contributed by atoms with Gasteiger partial charge in [-0.05, 0) is 13.0 Å². The Morgan fingerprint density at radius 2 is 2.11 bits per heavy atom. The van der Waals surface area contributed by atoms with Gasteiger partial charge in [0.2, 0.25) is 0 Å². The summed E-state index contributed by atoms with van der Waals surface area (Å²) in [6.07, 6.45) is 0. The Balaban J connectivity index is 1.72. The molecule has 0 spiro atoms. The van der Waals surface area contributed by atoms with Crippen molar-refractivity contribution in [2.24, 2.45) is 0 Å². The van der Waals surface area contributed by atoms with Crippen LogP contribution in [-0.2, 0) is 6.54 Å². The summed E-state index contributed by atoms with van der Waals surface area (Å²) in [6.45, 7) is 7.18. The zero-order valence-electron chi connectivity index (χ0n) is 11.2. The van der Waals surface area contributed by atoms with Crippen molar-refractivity contribution in [2.45, 2.75) is 13.5 Å². The van der Waals surface area contributed by atoms with Crippen LogP contribution in [0.1, 0.15) is 11.3 Å². The highest BCUT2D eigenvalue weighted by molar-refractivity contribution is 5.59. The molecule has 19 heavy (non-hydrogen) atoms. The van der Waals surface area contributed by atoms with Crippen molar-refractivity contribution >= 4 is 0 Å². The minimum absolute atomic E-state index is 0.848. The number of hydrogen-bond donors (Lipinski definition) is 1. The summed E-state index contributed by atoms with van der Waals surface area (Å²) in [4.78, 5) is 2.39. The van der Waals surface area contributed by atoms with E-state index in [0.29, 0.717) is 0 Å². The van der Waals surface area contributed by atoms with E-state index in [0.717, 1.165) is 49.7 Å². The van der Waals surface area contributed by atoms with Crippen LogP contribution in [0.15, 0.2) is 34.9 Å².